The van der Waals surface area contributed by atoms with E-state index in [-0.39, 0.29) is 0 Å². The average Bonchev–Trinajstić information content (AvgIpc) is 2.87. The molecule has 0 aromatic carbocycles. The molecule has 3 heterocycles. The van der Waals surface area contributed by atoms with Crippen molar-refractivity contribution >= 4 is 11.8 Å². The summed E-state index contributed by atoms with van der Waals surface area (Å²) in [6.07, 6.45) is 7.25. The molecule has 1 aromatic rings. The van der Waals surface area contributed by atoms with Gasteiger partial charge in [-0.1, -0.05) is 6.07 Å². The van der Waals surface area contributed by atoms with Crippen LogP contribution in [0.2, 0.25) is 0 Å². The quantitative estimate of drug-likeness (QED) is 0.905. The van der Waals surface area contributed by atoms with Gasteiger partial charge in [0.05, 0.1) is 5.69 Å². The number of pyridine rings is 1. The van der Waals surface area contributed by atoms with E-state index in [2.05, 4.69) is 39.1 Å². The number of nitrogens with one attached hydrogen (secondary N) is 1. The van der Waals surface area contributed by atoms with E-state index in [1.807, 2.05) is 12.3 Å². The lowest BCUT2D eigenvalue weighted by atomic mass is 10.0. The summed E-state index contributed by atoms with van der Waals surface area (Å²) >= 11 is 2.13. The first-order valence-corrected chi connectivity index (χ1v) is 9.50. The van der Waals surface area contributed by atoms with Gasteiger partial charge in [-0.25, -0.2) is 0 Å². The molecular weight excluding hydrogens is 278 g/mol. The van der Waals surface area contributed by atoms with Gasteiger partial charge in [-0.15, -0.1) is 0 Å². The Hall–Kier alpha value is -0.580. The van der Waals surface area contributed by atoms with Gasteiger partial charge in [0.15, 0.2) is 0 Å². The molecule has 0 spiro atoms. The van der Waals surface area contributed by atoms with Crippen LogP contribution < -0.4 is 5.32 Å². The van der Waals surface area contributed by atoms with Crippen LogP contribution in [0, 0.1) is 5.92 Å². The van der Waals surface area contributed by atoms with E-state index < -0.39 is 0 Å². The first kappa shape index (κ1) is 15.3. The molecule has 2 atom stereocenters. The van der Waals surface area contributed by atoms with E-state index in [0.717, 1.165) is 18.5 Å². The predicted octanol–water partition coefficient (Wildman–Crippen LogP) is 2.78. The lowest BCUT2D eigenvalue weighted by molar-refractivity contribution is 0.149. The topological polar surface area (TPSA) is 28.2 Å². The van der Waals surface area contributed by atoms with Crippen LogP contribution in [0.1, 0.15) is 31.4 Å². The maximum Gasteiger partial charge on any atom is 0.0544 e. The third-order valence-corrected chi connectivity index (χ3v) is 5.90. The van der Waals surface area contributed by atoms with E-state index >= 15 is 0 Å². The van der Waals surface area contributed by atoms with Crippen molar-refractivity contribution in [2.75, 3.05) is 31.1 Å². The second-order valence-electron chi connectivity index (χ2n) is 6.31. The Morgan fingerprint density at radius 1 is 1.24 bits per heavy atom. The summed E-state index contributed by atoms with van der Waals surface area (Å²) in [5, 5.41) is 3.54. The lowest BCUT2D eigenvalue weighted by Gasteiger charge is -2.32. The minimum atomic E-state index is 0.729. The largest absolute Gasteiger partial charge is 0.317 e. The molecule has 1 N–H and O–H groups in total. The molecule has 3 rings (SSSR count). The molecule has 2 aliphatic heterocycles. The summed E-state index contributed by atoms with van der Waals surface area (Å²) in [7, 11) is 0. The molecule has 0 aliphatic carbocycles. The Bertz CT molecular complexity index is 398. The van der Waals surface area contributed by atoms with Crippen molar-refractivity contribution in [3.05, 3.63) is 30.1 Å². The fourth-order valence-electron chi connectivity index (χ4n) is 3.47. The zero-order valence-electron chi connectivity index (χ0n) is 12.8. The maximum atomic E-state index is 4.55. The second-order valence-corrected chi connectivity index (χ2v) is 7.46. The third-order valence-electron chi connectivity index (χ3n) is 4.67. The van der Waals surface area contributed by atoms with Crippen molar-refractivity contribution in [3.63, 3.8) is 0 Å². The number of thioether (sulfide) groups is 1. The maximum absolute atomic E-state index is 4.55. The molecular formula is C17H27N3S. The Morgan fingerprint density at radius 2 is 2.24 bits per heavy atom. The highest BCUT2D eigenvalue weighted by Crippen LogP contribution is 2.26. The molecule has 4 heteroatoms. The van der Waals surface area contributed by atoms with Crippen LogP contribution in [0.25, 0.3) is 0 Å². The van der Waals surface area contributed by atoms with Crippen LogP contribution in [-0.2, 0) is 6.54 Å². The highest BCUT2D eigenvalue weighted by atomic mass is 32.2. The Balaban J connectivity index is 1.66. The molecule has 0 amide bonds. The third kappa shape index (κ3) is 4.70. The summed E-state index contributed by atoms with van der Waals surface area (Å²) in [4.78, 5) is 7.28. The van der Waals surface area contributed by atoms with Crippen LogP contribution in [-0.4, -0.2) is 47.1 Å². The van der Waals surface area contributed by atoms with E-state index in [0.29, 0.717) is 0 Å². The molecule has 0 saturated carbocycles. The average molecular weight is 305 g/mol. The fraction of sp³-hybridized carbons (Fsp3) is 0.706. The fourth-order valence-corrected chi connectivity index (χ4v) is 4.74. The first-order valence-electron chi connectivity index (χ1n) is 8.34. The normalized spacial score (nSPS) is 26.9. The molecule has 2 aliphatic rings. The van der Waals surface area contributed by atoms with E-state index in [4.69, 9.17) is 0 Å². The van der Waals surface area contributed by atoms with Gasteiger partial charge in [0.25, 0.3) is 0 Å². The molecule has 0 bridgehead atoms. The van der Waals surface area contributed by atoms with Gasteiger partial charge in [0.1, 0.15) is 0 Å². The minimum absolute atomic E-state index is 0.729. The second kappa shape index (κ2) is 8.16. The van der Waals surface area contributed by atoms with Crippen LogP contribution >= 0.6 is 11.8 Å². The number of nitrogens with zero attached hydrogens (tertiary/aromatic N) is 2. The molecule has 3 nitrogen and oxygen atoms in total. The van der Waals surface area contributed by atoms with Gasteiger partial charge in [-0.2, -0.15) is 11.8 Å². The molecule has 2 fully saturated rings. The van der Waals surface area contributed by atoms with Gasteiger partial charge < -0.3 is 5.32 Å². The molecule has 0 radical (unpaired) electrons. The first-order chi connectivity index (χ1) is 10.4. The van der Waals surface area contributed by atoms with Crippen molar-refractivity contribution < 1.29 is 0 Å². The molecule has 2 saturated heterocycles. The Kier molecular flexibility index (Phi) is 5.95. The predicted molar refractivity (Wildman–Crippen MR) is 90.6 cm³/mol. The zero-order chi connectivity index (χ0) is 14.3. The van der Waals surface area contributed by atoms with Crippen molar-refractivity contribution in [3.8, 4) is 0 Å². The van der Waals surface area contributed by atoms with Crippen molar-refractivity contribution in [1.82, 2.24) is 15.2 Å². The van der Waals surface area contributed by atoms with E-state index in [1.54, 1.807) is 0 Å². The van der Waals surface area contributed by atoms with Crippen LogP contribution in [0.15, 0.2) is 24.4 Å². The highest BCUT2D eigenvalue weighted by molar-refractivity contribution is 7.99. The van der Waals surface area contributed by atoms with Crippen LogP contribution in [0.4, 0.5) is 0 Å². The van der Waals surface area contributed by atoms with E-state index in [9.17, 15) is 0 Å². The van der Waals surface area contributed by atoms with Gasteiger partial charge in [-0.05, 0) is 68.3 Å². The van der Waals surface area contributed by atoms with Crippen LogP contribution in [0.5, 0.6) is 0 Å². The summed E-state index contributed by atoms with van der Waals surface area (Å²) in [6.45, 7) is 4.64. The summed E-state index contributed by atoms with van der Waals surface area (Å²) in [5.74, 6) is 3.59. The zero-order valence-corrected chi connectivity index (χ0v) is 13.7. The summed E-state index contributed by atoms with van der Waals surface area (Å²) in [6, 6.07) is 7.02. The van der Waals surface area contributed by atoms with Crippen molar-refractivity contribution in [2.24, 2.45) is 5.92 Å². The molecule has 116 valence electrons. The van der Waals surface area contributed by atoms with Gasteiger partial charge in [0, 0.05) is 25.3 Å². The number of hydrogen-bond acceptors (Lipinski definition) is 4. The SMILES string of the molecule is c1ccc(CN(CC2CCSC2)C2CCCNCC2)nc1. The number of hydrogen-bond donors (Lipinski definition) is 1. The Morgan fingerprint density at radius 3 is 3.05 bits per heavy atom. The Labute approximate surface area is 132 Å². The lowest BCUT2D eigenvalue weighted by Crippen LogP contribution is -2.39. The van der Waals surface area contributed by atoms with Gasteiger partial charge in [0.2, 0.25) is 0 Å². The standard InChI is InChI=1S/C17H27N3S/c1-2-9-19-16(4-1)13-20(12-15-7-11-21-14-15)17-5-3-8-18-10-6-17/h1-2,4,9,15,17-18H,3,5-8,10-14H2. The summed E-state index contributed by atoms with van der Waals surface area (Å²) in [5.41, 5.74) is 1.22. The van der Waals surface area contributed by atoms with Crippen molar-refractivity contribution in [2.45, 2.75) is 38.3 Å². The van der Waals surface area contributed by atoms with Gasteiger partial charge >= 0.3 is 0 Å². The number of aromatic nitrogens is 1. The molecule has 2 unspecified atom stereocenters. The van der Waals surface area contributed by atoms with Crippen LogP contribution in [0.3, 0.4) is 0 Å². The number of rotatable bonds is 5. The minimum Gasteiger partial charge on any atom is -0.317 e. The van der Waals surface area contributed by atoms with Crippen molar-refractivity contribution in [1.29, 1.82) is 0 Å². The monoisotopic (exact) mass is 305 g/mol. The van der Waals surface area contributed by atoms with Gasteiger partial charge in [-0.3, -0.25) is 9.88 Å². The molecule has 1 aromatic heterocycles. The molecule has 21 heavy (non-hydrogen) atoms. The highest BCUT2D eigenvalue weighted by Gasteiger charge is 2.25. The summed E-state index contributed by atoms with van der Waals surface area (Å²) < 4.78 is 0. The smallest absolute Gasteiger partial charge is 0.0544 e. The van der Waals surface area contributed by atoms with E-state index in [1.165, 1.54) is 62.5 Å².